The number of aromatic nitrogens is 1. The summed E-state index contributed by atoms with van der Waals surface area (Å²) in [7, 11) is 0. The van der Waals surface area contributed by atoms with Crippen LogP contribution >= 0.6 is 0 Å². The number of nitrogens with zero attached hydrogens (tertiary/aromatic N) is 3. The van der Waals surface area contributed by atoms with Crippen molar-refractivity contribution >= 4 is 6.21 Å². The minimum absolute atomic E-state index is 0.847. The summed E-state index contributed by atoms with van der Waals surface area (Å²) >= 11 is 0. The van der Waals surface area contributed by atoms with E-state index in [4.69, 9.17) is 0 Å². The van der Waals surface area contributed by atoms with Crippen LogP contribution in [0.3, 0.4) is 0 Å². The summed E-state index contributed by atoms with van der Waals surface area (Å²) in [6.07, 6.45) is 11.7. The lowest BCUT2D eigenvalue weighted by atomic mass is 10.5. The second-order valence-corrected chi connectivity index (χ2v) is 2.18. The van der Waals surface area contributed by atoms with Crippen LogP contribution in [-0.2, 0) is 0 Å². The second kappa shape index (κ2) is 5.77. The lowest BCUT2D eigenvalue weighted by Gasteiger charge is -2.12. The van der Waals surface area contributed by atoms with Gasteiger partial charge in [0.2, 0.25) is 0 Å². The van der Waals surface area contributed by atoms with E-state index in [-0.39, 0.29) is 0 Å². The molecule has 0 aliphatic carbocycles. The maximum atomic E-state index is 4.47. The molecule has 0 spiro atoms. The van der Waals surface area contributed by atoms with E-state index in [0.717, 1.165) is 6.54 Å². The maximum absolute atomic E-state index is 4.47. The van der Waals surface area contributed by atoms with Gasteiger partial charge in [-0.25, -0.2) is 4.98 Å². The summed E-state index contributed by atoms with van der Waals surface area (Å²) in [4.78, 5) is 9.39. The maximum Gasteiger partial charge on any atom is 0.180 e. The van der Waals surface area contributed by atoms with Gasteiger partial charge in [0.05, 0.1) is 12.7 Å². The Bertz CT molecular complexity index is 260. The molecule has 2 heterocycles. The van der Waals surface area contributed by atoms with Gasteiger partial charge in [0.25, 0.3) is 0 Å². The van der Waals surface area contributed by atoms with Crippen molar-refractivity contribution in [3.8, 4) is 0 Å². The van der Waals surface area contributed by atoms with E-state index in [1.807, 2.05) is 17.3 Å². The molecule has 0 bridgehead atoms. The summed E-state index contributed by atoms with van der Waals surface area (Å²) in [5.41, 5.74) is 0. The molecule has 0 aromatic carbocycles. The fraction of sp³-hybridized carbons (Fsp3) is 0.111. The molecule has 0 N–H and O–H groups in total. The van der Waals surface area contributed by atoms with Gasteiger partial charge < -0.3 is 9.32 Å². The molecule has 0 saturated heterocycles. The molecule has 2 rings (SSSR count). The Balaban J connectivity index is 0.000000145. The fourth-order valence-corrected chi connectivity index (χ4v) is 0.698. The van der Waals surface area contributed by atoms with E-state index >= 15 is 0 Å². The van der Waals surface area contributed by atoms with Gasteiger partial charge in [-0.2, -0.15) is 0 Å². The highest BCUT2D eigenvalue weighted by Gasteiger charge is 1.90. The Morgan fingerprint density at radius 1 is 1.54 bits per heavy atom. The van der Waals surface area contributed by atoms with Gasteiger partial charge >= 0.3 is 0 Å². The van der Waals surface area contributed by atoms with E-state index < -0.39 is 0 Å². The highest BCUT2D eigenvalue weighted by atomic mass is 16.3. The molecule has 0 unspecified atom stereocenters. The van der Waals surface area contributed by atoms with Gasteiger partial charge in [0, 0.05) is 18.6 Å². The molecule has 1 aliphatic heterocycles. The summed E-state index contributed by atoms with van der Waals surface area (Å²) in [5, 5.41) is 0. The topological polar surface area (TPSA) is 41.6 Å². The highest BCUT2D eigenvalue weighted by molar-refractivity contribution is 5.61. The number of oxazole rings is 1. The Kier molecular flexibility index (Phi) is 4.10. The number of hydrogen-bond acceptors (Lipinski definition) is 4. The molecule has 68 valence electrons. The molecule has 0 amide bonds. The van der Waals surface area contributed by atoms with Crippen molar-refractivity contribution in [1.82, 2.24) is 9.88 Å². The quantitative estimate of drug-likeness (QED) is 0.655. The second-order valence-electron chi connectivity index (χ2n) is 2.18. The molecule has 0 atom stereocenters. The number of aliphatic imine (C=N–C) groups is 1. The average molecular weight is 177 g/mol. The van der Waals surface area contributed by atoms with Crippen LogP contribution in [0.15, 0.2) is 53.4 Å². The Labute approximate surface area is 76.9 Å². The zero-order valence-electron chi connectivity index (χ0n) is 7.21. The summed E-state index contributed by atoms with van der Waals surface area (Å²) < 4.78 is 4.47. The lowest BCUT2D eigenvalue weighted by molar-refractivity contribution is 0.558. The van der Waals surface area contributed by atoms with Crippen LogP contribution in [0.4, 0.5) is 0 Å². The van der Waals surface area contributed by atoms with Crippen molar-refractivity contribution < 1.29 is 4.42 Å². The van der Waals surface area contributed by atoms with Crippen LogP contribution in [0.25, 0.3) is 0 Å². The third kappa shape index (κ3) is 3.91. The molecular weight excluding hydrogens is 166 g/mol. The first kappa shape index (κ1) is 9.25. The first-order chi connectivity index (χ1) is 6.43. The third-order valence-electron chi connectivity index (χ3n) is 1.32. The van der Waals surface area contributed by atoms with E-state index in [9.17, 15) is 0 Å². The first-order valence-electron chi connectivity index (χ1n) is 3.82. The Morgan fingerprint density at radius 2 is 2.46 bits per heavy atom. The predicted octanol–water partition coefficient (Wildman–Crippen LogP) is 1.66. The van der Waals surface area contributed by atoms with Gasteiger partial charge in [0.15, 0.2) is 6.39 Å². The van der Waals surface area contributed by atoms with Crippen molar-refractivity contribution in [3.05, 3.63) is 44.0 Å². The van der Waals surface area contributed by atoms with Crippen molar-refractivity contribution in [2.75, 3.05) is 6.54 Å². The summed E-state index contributed by atoms with van der Waals surface area (Å²) in [6.45, 7) is 4.44. The van der Waals surface area contributed by atoms with E-state index in [1.165, 1.54) is 12.7 Å². The average Bonchev–Trinajstić information content (AvgIpc) is 2.77. The van der Waals surface area contributed by atoms with E-state index in [0.29, 0.717) is 0 Å². The van der Waals surface area contributed by atoms with Crippen LogP contribution < -0.4 is 0 Å². The van der Waals surface area contributed by atoms with E-state index in [2.05, 4.69) is 21.0 Å². The Morgan fingerprint density at radius 3 is 2.77 bits per heavy atom. The molecule has 1 aliphatic rings. The monoisotopic (exact) mass is 177 g/mol. The van der Waals surface area contributed by atoms with Crippen LogP contribution in [0, 0.1) is 0 Å². The van der Waals surface area contributed by atoms with Crippen LogP contribution in [-0.4, -0.2) is 22.6 Å². The molecule has 4 nitrogen and oxygen atoms in total. The minimum Gasteiger partial charge on any atom is -0.452 e. The lowest BCUT2D eigenvalue weighted by Crippen LogP contribution is -2.13. The van der Waals surface area contributed by atoms with E-state index in [1.54, 1.807) is 18.6 Å². The van der Waals surface area contributed by atoms with Crippen LogP contribution in [0.5, 0.6) is 0 Å². The molecule has 0 saturated carbocycles. The third-order valence-corrected chi connectivity index (χ3v) is 1.32. The van der Waals surface area contributed by atoms with Gasteiger partial charge in [-0.3, -0.25) is 4.99 Å². The SMILES string of the molecule is C=CN1C=CN=CC1.c1cocn1. The zero-order chi connectivity index (χ0) is 9.36. The van der Waals surface area contributed by atoms with Crippen molar-refractivity contribution in [1.29, 1.82) is 0 Å². The minimum atomic E-state index is 0.847. The molecule has 1 aromatic rings. The standard InChI is InChI=1S/C6H8N2.C3H3NO/c1-2-8-5-3-7-4-6-8;1-2-5-3-4-1/h2-5H,1,6H2;1-3H. The molecular formula is C9H11N3O. The van der Waals surface area contributed by atoms with Gasteiger partial charge in [-0.15, -0.1) is 0 Å². The predicted molar refractivity (Wildman–Crippen MR) is 51.0 cm³/mol. The van der Waals surface area contributed by atoms with Gasteiger partial charge in [0.1, 0.15) is 6.26 Å². The molecule has 1 aromatic heterocycles. The molecule has 13 heavy (non-hydrogen) atoms. The zero-order valence-corrected chi connectivity index (χ0v) is 7.21. The number of hydrogen-bond donors (Lipinski definition) is 0. The van der Waals surface area contributed by atoms with Crippen LogP contribution in [0.1, 0.15) is 0 Å². The molecule has 4 heteroatoms. The summed E-state index contributed by atoms with van der Waals surface area (Å²) in [6, 6.07) is 0. The van der Waals surface area contributed by atoms with Gasteiger partial charge in [-0.05, 0) is 6.20 Å². The summed E-state index contributed by atoms with van der Waals surface area (Å²) in [5.74, 6) is 0. The van der Waals surface area contributed by atoms with Crippen molar-refractivity contribution in [3.63, 3.8) is 0 Å². The molecule has 0 radical (unpaired) electrons. The van der Waals surface area contributed by atoms with Crippen LogP contribution in [0.2, 0.25) is 0 Å². The highest BCUT2D eigenvalue weighted by Crippen LogP contribution is 1.92. The van der Waals surface area contributed by atoms with Gasteiger partial charge in [-0.1, -0.05) is 6.58 Å². The first-order valence-corrected chi connectivity index (χ1v) is 3.82. The number of rotatable bonds is 1. The van der Waals surface area contributed by atoms with Crippen molar-refractivity contribution in [2.45, 2.75) is 0 Å². The Hall–Kier alpha value is -1.84. The smallest absolute Gasteiger partial charge is 0.180 e. The normalized spacial score (nSPS) is 13.4. The molecule has 0 fully saturated rings. The van der Waals surface area contributed by atoms with Crippen molar-refractivity contribution in [2.24, 2.45) is 4.99 Å². The fourth-order valence-electron chi connectivity index (χ4n) is 0.698. The largest absolute Gasteiger partial charge is 0.452 e.